The van der Waals surface area contributed by atoms with Crippen molar-refractivity contribution in [3.05, 3.63) is 56.3 Å². The van der Waals surface area contributed by atoms with Gasteiger partial charge in [0.25, 0.3) is 0 Å². The van der Waals surface area contributed by atoms with Gasteiger partial charge >= 0.3 is 0 Å². The SMILES string of the molecule is CC1=C(/C=C/C(C)=C/C=C\C(C)=C(/I)C=O)C(C)(C)CCC1. The van der Waals surface area contributed by atoms with E-state index in [1.54, 1.807) is 0 Å². The first-order chi connectivity index (χ1) is 10.3. The average Bonchev–Trinajstić information content (AvgIpc) is 2.45. The van der Waals surface area contributed by atoms with Gasteiger partial charge in [-0.15, -0.1) is 0 Å². The molecule has 0 heterocycles. The number of aldehydes is 1. The fourth-order valence-corrected chi connectivity index (χ4v) is 2.98. The summed E-state index contributed by atoms with van der Waals surface area (Å²) in [4.78, 5) is 10.7. The van der Waals surface area contributed by atoms with E-state index in [-0.39, 0.29) is 5.41 Å². The molecule has 0 unspecified atom stereocenters. The second-order valence-electron chi connectivity index (χ2n) is 6.68. The maximum atomic E-state index is 10.7. The third-order valence-corrected chi connectivity index (χ3v) is 5.35. The van der Waals surface area contributed by atoms with Crippen LogP contribution >= 0.6 is 22.6 Å². The monoisotopic (exact) mass is 410 g/mol. The second-order valence-corrected chi connectivity index (χ2v) is 7.85. The zero-order valence-electron chi connectivity index (χ0n) is 14.4. The molecule has 0 saturated heterocycles. The van der Waals surface area contributed by atoms with E-state index in [4.69, 9.17) is 0 Å². The average molecular weight is 410 g/mol. The standard InChI is InChI=1S/C20H27IO/c1-15(8-6-9-17(3)19(21)14-22)11-12-18-16(2)10-7-13-20(18,4)5/h6,8-9,11-12,14H,7,10,13H2,1-5H3/b9-6-,12-11+,15-8+,19-17-. The largest absolute Gasteiger partial charge is 0.297 e. The van der Waals surface area contributed by atoms with E-state index in [0.717, 1.165) is 15.4 Å². The molecule has 0 radical (unpaired) electrons. The van der Waals surface area contributed by atoms with Crippen molar-refractivity contribution in [1.29, 1.82) is 0 Å². The minimum atomic E-state index is 0.286. The van der Waals surface area contributed by atoms with Crippen LogP contribution in [0.4, 0.5) is 0 Å². The van der Waals surface area contributed by atoms with Crippen molar-refractivity contribution in [2.24, 2.45) is 5.41 Å². The first-order valence-electron chi connectivity index (χ1n) is 7.83. The molecule has 0 bridgehead atoms. The molecular weight excluding hydrogens is 383 g/mol. The Morgan fingerprint density at radius 3 is 2.50 bits per heavy atom. The molecule has 0 atom stereocenters. The van der Waals surface area contributed by atoms with E-state index in [1.165, 1.54) is 36.0 Å². The summed E-state index contributed by atoms with van der Waals surface area (Å²) in [5.41, 5.74) is 5.51. The molecule has 0 saturated carbocycles. The van der Waals surface area contributed by atoms with Gasteiger partial charge in [0.05, 0.1) is 3.58 Å². The minimum absolute atomic E-state index is 0.286. The molecule has 1 nitrogen and oxygen atoms in total. The smallest absolute Gasteiger partial charge is 0.156 e. The Bertz CT molecular complexity index is 569. The van der Waals surface area contributed by atoms with Crippen LogP contribution in [-0.4, -0.2) is 6.29 Å². The number of hydrogen-bond acceptors (Lipinski definition) is 1. The quantitative estimate of drug-likeness (QED) is 0.219. The van der Waals surface area contributed by atoms with E-state index in [1.807, 2.05) is 19.1 Å². The molecule has 0 spiro atoms. The van der Waals surface area contributed by atoms with Crippen LogP contribution < -0.4 is 0 Å². The van der Waals surface area contributed by atoms with Gasteiger partial charge in [0.15, 0.2) is 6.29 Å². The maximum absolute atomic E-state index is 10.7. The number of halogens is 1. The van der Waals surface area contributed by atoms with Gasteiger partial charge in [-0.3, -0.25) is 4.79 Å². The van der Waals surface area contributed by atoms with E-state index in [9.17, 15) is 4.79 Å². The molecular formula is C20H27IO. The number of rotatable bonds is 5. The van der Waals surface area contributed by atoms with Gasteiger partial charge in [0, 0.05) is 0 Å². The summed E-state index contributed by atoms with van der Waals surface area (Å²) in [6, 6.07) is 0. The Morgan fingerprint density at radius 1 is 1.23 bits per heavy atom. The Kier molecular flexibility index (Phi) is 7.54. The number of hydrogen-bond donors (Lipinski definition) is 0. The highest BCUT2D eigenvalue weighted by Crippen LogP contribution is 2.40. The predicted octanol–water partition coefficient (Wildman–Crippen LogP) is 6.48. The van der Waals surface area contributed by atoms with Gasteiger partial charge in [0.1, 0.15) is 0 Å². The first kappa shape index (κ1) is 19.1. The van der Waals surface area contributed by atoms with Crippen LogP contribution in [0.2, 0.25) is 0 Å². The summed E-state index contributed by atoms with van der Waals surface area (Å²) < 4.78 is 0.750. The van der Waals surface area contributed by atoms with E-state index in [0.29, 0.717) is 0 Å². The zero-order valence-corrected chi connectivity index (χ0v) is 16.5. The van der Waals surface area contributed by atoms with Crippen LogP contribution in [0.25, 0.3) is 0 Å². The Labute approximate surface area is 149 Å². The molecule has 1 aliphatic carbocycles. The van der Waals surface area contributed by atoms with Crippen molar-refractivity contribution < 1.29 is 4.79 Å². The summed E-state index contributed by atoms with van der Waals surface area (Å²) in [6.07, 6.45) is 15.2. The molecule has 1 rings (SSSR count). The molecule has 0 fully saturated rings. The van der Waals surface area contributed by atoms with Crippen LogP contribution in [0.3, 0.4) is 0 Å². The summed E-state index contributed by atoms with van der Waals surface area (Å²) in [5, 5.41) is 0. The zero-order chi connectivity index (χ0) is 16.8. The lowest BCUT2D eigenvalue weighted by atomic mass is 9.72. The van der Waals surface area contributed by atoms with Crippen LogP contribution in [0, 0.1) is 5.41 Å². The van der Waals surface area contributed by atoms with Crippen molar-refractivity contribution in [1.82, 2.24) is 0 Å². The van der Waals surface area contributed by atoms with E-state index < -0.39 is 0 Å². The Morgan fingerprint density at radius 2 is 1.91 bits per heavy atom. The molecule has 0 amide bonds. The van der Waals surface area contributed by atoms with Crippen LogP contribution in [0.5, 0.6) is 0 Å². The van der Waals surface area contributed by atoms with Crippen molar-refractivity contribution in [3.63, 3.8) is 0 Å². The van der Waals surface area contributed by atoms with E-state index >= 15 is 0 Å². The lowest BCUT2D eigenvalue weighted by Gasteiger charge is -2.32. The fraction of sp³-hybridized carbons (Fsp3) is 0.450. The van der Waals surface area contributed by atoms with Gasteiger partial charge in [-0.05, 0) is 79.2 Å². The lowest BCUT2D eigenvalue weighted by Crippen LogP contribution is -2.19. The van der Waals surface area contributed by atoms with Gasteiger partial charge in [-0.25, -0.2) is 0 Å². The molecule has 0 aromatic carbocycles. The van der Waals surface area contributed by atoms with Crippen molar-refractivity contribution in [3.8, 4) is 0 Å². The third kappa shape index (κ3) is 5.71. The van der Waals surface area contributed by atoms with Gasteiger partial charge < -0.3 is 0 Å². The van der Waals surface area contributed by atoms with Gasteiger partial charge in [-0.2, -0.15) is 0 Å². The van der Waals surface area contributed by atoms with Crippen molar-refractivity contribution >= 4 is 28.9 Å². The molecule has 1 aliphatic rings. The highest BCUT2D eigenvalue weighted by Gasteiger charge is 2.26. The minimum Gasteiger partial charge on any atom is -0.297 e. The summed E-state index contributed by atoms with van der Waals surface area (Å²) in [5.74, 6) is 0. The van der Waals surface area contributed by atoms with Crippen LogP contribution in [0.1, 0.15) is 53.9 Å². The molecule has 0 aromatic heterocycles. The molecule has 2 heteroatoms. The Hall–Kier alpha value is -0.900. The topological polar surface area (TPSA) is 17.1 Å². The summed E-state index contributed by atoms with van der Waals surface area (Å²) in [6.45, 7) is 11.0. The first-order valence-corrected chi connectivity index (χ1v) is 8.90. The summed E-state index contributed by atoms with van der Waals surface area (Å²) in [7, 11) is 0. The maximum Gasteiger partial charge on any atom is 0.156 e. The number of carbonyl (C=O) groups is 1. The lowest BCUT2D eigenvalue weighted by molar-refractivity contribution is -0.104. The molecule has 120 valence electrons. The normalized spacial score (nSPS) is 20.7. The third-order valence-electron chi connectivity index (χ3n) is 4.24. The molecule has 22 heavy (non-hydrogen) atoms. The van der Waals surface area contributed by atoms with Crippen molar-refractivity contribution in [2.45, 2.75) is 53.9 Å². The van der Waals surface area contributed by atoms with Crippen LogP contribution in [0.15, 0.2) is 56.3 Å². The molecule has 0 aliphatic heterocycles. The Balaban J connectivity index is 2.84. The highest BCUT2D eigenvalue weighted by atomic mass is 127. The predicted molar refractivity (Wildman–Crippen MR) is 105 cm³/mol. The molecule has 0 aromatic rings. The summed E-state index contributed by atoms with van der Waals surface area (Å²) >= 11 is 2.06. The number of allylic oxidation sites excluding steroid dienone is 10. The second kappa shape index (κ2) is 8.66. The number of carbonyl (C=O) groups excluding carboxylic acids is 1. The fourth-order valence-electron chi connectivity index (χ4n) is 2.80. The molecule has 0 N–H and O–H groups in total. The highest BCUT2D eigenvalue weighted by molar-refractivity contribution is 14.1. The van der Waals surface area contributed by atoms with Gasteiger partial charge in [-0.1, -0.05) is 55.4 Å². The van der Waals surface area contributed by atoms with Crippen LogP contribution in [-0.2, 0) is 4.79 Å². The van der Waals surface area contributed by atoms with Gasteiger partial charge in [0.2, 0.25) is 0 Å². The van der Waals surface area contributed by atoms with Crippen molar-refractivity contribution in [2.75, 3.05) is 0 Å². The van der Waals surface area contributed by atoms with E-state index in [2.05, 4.69) is 68.5 Å².